The van der Waals surface area contributed by atoms with Crippen LogP contribution in [0, 0.1) is 5.92 Å². The number of amides is 2. The van der Waals surface area contributed by atoms with Crippen molar-refractivity contribution in [1.82, 2.24) is 4.90 Å². The average Bonchev–Trinajstić information content (AvgIpc) is 2.81. The topological polar surface area (TPSA) is 61.9 Å². The van der Waals surface area contributed by atoms with Crippen LogP contribution in [0.15, 0.2) is 54.6 Å². The zero-order valence-electron chi connectivity index (χ0n) is 18.5. The normalized spacial score (nSPS) is 14.2. The molecule has 1 N–H and O–H groups in total. The first-order valence-electron chi connectivity index (χ1n) is 11.2. The van der Waals surface area contributed by atoms with Gasteiger partial charge in [-0.1, -0.05) is 18.2 Å². The Balaban J connectivity index is 1.40. The SMILES string of the molecule is CCN(CC)c1ccc(NC(=O)C2CCN(C(=O)CCOc3ccccc3)CC2)cc1. The molecule has 6 heteroatoms. The number of rotatable bonds is 9. The summed E-state index contributed by atoms with van der Waals surface area (Å²) in [6.45, 7) is 7.77. The maximum Gasteiger partial charge on any atom is 0.227 e. The van der Waals surface area contributed by atoms with Crippen LogP contribution in [0.4, 0.5) is 11.4 Å². The summed E-state index contributed by atoms with van der Waals surface area (Å²) in [6.07, 6.45) is 1.73. The molecular formula is C25H33N3O3. The summed E-state index contributed by atoms with van der Waals surface area (Å²) in [5.41, 5.74) is 1.98. The van der Waals surface area contributed by atoms with Gasteiger partial charge in [0, 0.05) is 43.5 Å². The highest BCUT2D eigenvalue weighted by molar-refractivity contribution is 5.93. The Kier molecular flexibility index (Phi) is 8.33. The van der Waals surface area contributed by atoms with E-state index < -0.39 is 0 Å². The molecule has 2 aromatic carbocycles. The maximum atomic E-state index is 12.7. The number of benzene rings is 2. The summed E-state index contributed by atoms with van der Waals surface area (Å²) < 4.78 is 5.62. The number of hydrogen-bond acceptors (Lipinski definition) is 4. The van der Waals surface area contributed by atoms with Crippen molar-refractivity contribution in [3.05, 3.63) is 54.6 Å². The Hall–Kier alpha value is -3.02. The zero-order chi connectivity index (χ0) is 22.1. The van der Waals surface area contributed by atoms with Crippen LogP contribution in [-0.4, -0.2) is 49.5 Å². The molecule has 0 unspecified atom stereocenters. The van der Waals surface area contributed by atoms with E-state index >= 15 is 0 Å². The van der Waals surface area contributed by atoms with Crippen LogP contribution >= 0.6 is 0 Å². The summed E-state index contributed by atoms with van der Waals surface area (Å²) >= 11 is 0. The molecule has 31 heavy (non-hydrogen) atoms. The van der Waals surface area contributed by atoms with Gasteiger partial charge in [-0.05, 0) is 63.1 Å². The van der Waals surface area contributed by atoms with Gasteiger partial charge in [-0.3, -0.25) is 9.59 Å². The molecule has 0 bridgehead atoms. The minimum absolute atomic E-state index is 0.0371. The number of ether oxygens (including phenoxy) is 1. The van der Waals surface area contributed by atoms with Crippen molar-refractivity contribution in [2.75, 3.05) is 43.0 Å². The highest BCUT2D eigenvalue weighted by Gasteiger charge is 2.27. The van der Waals surface area contributed by atoms with E-state index in [0.29, 0.717) is 39.0 Å². The van der Waals surface area contributed by atoms with Crippen LogP contribution in [0.25, 0.3) is 0 Å². The van der Waals surface area contributed by atoms with Crippen molar-refractivity contribution in [1.29, 1.82) is 0 Å². The smallest absolute Gasteiger partial charge is 0.227 e. The monoisotopic (exact) mass is 423 g/mol. The molecular weight excluding hydrogens is 390 g/mol. The van der Waals surface area contributed by atoms with Gasteiger partial charge in [0.25, 0.3) is 0 Å². The van der Waals surface area contributed by atoms with E-state index in [0.717, 1.165) is 30.2 Å². The van der Waals surface area contributed by atoms with E-state index in [9.17, 15) is 9.59 Å². The molecule has 1 aliphatic rings. The van der Waals surface area contributed by atoms with Crippen molar-refractivity contribution < 1.29 is 14.3 Å². The number of piperidine rings is 1. The van der Waals surface area contributed by atoms with E-state index in [1.807, 2.05) is 59.5 Å². The van der Waals surface area contributed by atoms with E-state index in [2.05, 4.69) is 24.1 Å². The van der Waals surface area contributed by atoms with Crippen LogP contribution in [0.1, 0.15) is 33.1 Å². The Bertz CT molecular complexity index is 827. The first kappa shape index (κ1) is 22.7. The lowest BCUT2D eigenvalue weighted by molar-refractivity contribution is -0.135. The minimum atomic E-state index is -0.0629. The zero-order valence-corrected chi connectivity index (χ0v) is 18.5. The van der Waals surface area contributed by atoms with Gasteiger partial charge in [0.05, 0.1) is 13.0 Å². The molecule has 0 aromatic heterocycles. The third-order valence-electron chi connectivity index (χ3n) is 5.81. The summed E-state index contributed by atoms with van der Waals surface area (Å²) in [7, 11) is 0. The van der Waals surface area contributed by atoms with E-state index in [4.69, 9.17) is 4.74 Å². The molecule has 0 aliphatic carbocycles. The van der Waals surface area contributed by atoms with E-state index in [1.54, 1.807) is 0 Å². The molecule has 0 spiro atoms. The average molecular weight is 424 g/mol. The molecule has 0 saturated carbocycles. The molecule has 1 fully saturated rings. The number of nitrogens with zero attached hydrogens (tertiary/aromatic N) is 2. The number of para-hydroxylation sites is 1. The summed E-state index contributed by atoms with van der Waals surface area (Å²) in [6, 6.07) is 17.5. The first-order valence-corrected chi connectivity index (χ1v) is 11.2. The molecule has 1 saturated heterocycles. The largest absolute Gasteiger partial charge is 0.493 e. The summed E-state index contributed by atoms with van der Waals surface area (Å²) in [5, 5.41) is 3.03. The fourth-order valence-electron chi connectivity index (χ4n) is 3.91. The van der Waals surface area contributed by atoms with Crippen molar-refractivity contribution >= 4 is 23.2 Å². The molecule has 6 nitrogen and oxygen atoms in total. The number of nitrogens with one attached hydrogen (secondary N) is 1. The van der Waals surface area contributed by atoms with Crippen molar-refractivity contribution in [3.8, 4) is 5.75 Å². The fraction of sp³-hybridized carbons (Fsp3) is 0.440. The number of carbonyl (C=O) groups is 2. The molecule has 1 aliphatic heterocycles. The summed E-state index contributed by atoms with van der Waals surface area (Å²) in [4.78, 5) is 29.2. The van der Waals surface area contributed by atoms with Gasteiger partial charge in [0.15, 0.2) is 0 Å². The number of hydrogen-bond donors (Lipinski definition) is 1. The second-order valence-electron chi connectivity index (χ2n) is 7.77. The van der Waals surface area contributed by atoms with Gasteiger partial charge in [-0.15, -0.1) is 0 Å². The van der Waals surface area contributed by atoms with E-state index in [1.165, 1.54) is 0 Å². The molecule has 2 amide bonds. The van der Waals surface area contributed by atoms with E-state index in [-0.39, 0.29) is 17.7 Å². The lowest BCUT2D eigenvalue weighted by atomic mass is 9.95. The summed E-state index contributed by atoms with van der Waals surface area (Å²) in [5.74, 6) is 0.833. The van der Waals surface area contributed by atoms with Gasteiger partial charge >= 0.3 is 0 Å². The van der Waals surface area contributed by atoms with Gasteiger partial charge in [0.2, 0.25) is 11.8 Å². The van der Waals surface area contributed by atoms with Gasteiger partial charge < -0.3 is 19.9 Å². The number of anilines is 2. The lowest BCUT2D eigenvalue weighted by Gasteiger charge is -2.31. The fourth-order valence-corrected chi connectivity index (χ4v) is 3.91. The maximum absolute atomic E-state index is 12.7. The van der Waals surface area contributed by atoms with Crippen LogP contribution in [0.2, 0.25) is 0 Å². The predicted molar refractivity (Wildman–Crippen MR) is 124 cm³/mol. The minimum Gasteiger partial charge on any atom is -0.493 e. The van der Waals surface area contributed by atoms with Crippen molar-refractivity contribution in [3.63, 3.8) is 0 Å². The third kappa shape index (κ3) is 6.48. The van der Waals surface area contributed by atoms with Gasteiger partial charge in [-0.2, -0.15) is 0 Å². The molecule has 0 radical (unpaired) electrons. The molecule has 1 heterocycles. The molecule has 0 atom stereocenters. The standard InChI is InChI=1S/C25H33N3O3/c1-3-27(4-2)22-12-10-21(11-13-22)26-25(30)20-14-17-28(18-15-20)24(29)16-19-31-23-8-6-5-7-9-23/h5-13,20H,3-4,14-19H2,1-2H3,(H,26,30). The van der Waals surface area contributed by atoms with Gasteiger partial charge in [0.1, 0.15) is 5.75 Å². The second-order valence-corrected chi connectivity index (χ2v) is 7.77. The number of likely N-dealkylation sites (tertiary alicyclic amines) is 1. The Labute approximate surface area is 185 Å². The van der Waals surface area contributed by atoms with Crippen molar-refractivity contribution in [2.24, 2.45) is 5.92 Å². The van der Waals surface area contributed by atoms with Gasteiger partial charge in [-0.25, -0.2) is 0 Å². The highest BCUT2D eigenvalue weighted by Crippen LogP contribution is 2.22. The van der Waals surface area contributed by atoms with Crippen LogP contribution < -0.4 is 15.0 Å². The predicted octanol–water partition coefficient (Wildman–Crippen LogP) is 4.18. The second kappa shape index (κ2) is 11.4. The van der Waals surface area contributed by atoms with Crippen LogP contribution in [0.3, 0.4) is 0 Å². The first-order chi connectivity index (χ1) is 15.1. The Morgan fingerprint density at radius 3 is 2.26 bits per heavy atom. The molecule has 2 aromatic rings. The molecule has 166 valence electrons. The quantitative estimate of drug-likeness (QED) is 0.657. The van der Waals surface area contributed by atoms with Crippen LogP contribution in [-0.2, 0) is 9.59 Å². The third-order valence-corrected chi connectivity index (χ3v) is 5.81. The van der Waals surface area contributed by atoms with Crippen molar-refractivity contribution in [2.45, 2.75) is 33.1 Å². The highest BCUT2D eigenvalue weighted by atomic mass is 16.5. The molecule has 3 rings (SSSR count). The Morgan fingerprint density at radius 2 is 1.65 bits per heavy atom. The lowest BCUT2D eigenvalue weighted by Crippen LogP contribution is -2.41. The number of carbonyl (C=O) groups excluding carboxylic acids is 2. The van der Waals surface area contributed by atoms with Crippen LogP contribution in [0.5, 0.6) is 5.75 Å². The Morgan fingerprint density at radius 1 is 1.00 bits per heavy atom.